The molecule has 102 valence electrons. The van der Waals surface area contributed by atoms with Crippen molar-refractivity contribution >= 4 is 11.6 Å². The Labute approximate surface area is 117 Å². The topological polar surface area (TPSA) is 44.0 Å². The fraction of sp³-hybridized carbons (Fsp3) is 0.533. The molecule has 1 aliphatic rings. The molecular formula is C15H17ClFNO. The molecule has 2 nitrogen and oxygen atoms in total. The van der Waals surface area contributed by atoms with Crippen LogP contribution in [-0.4, -0.2) is 5.11 Å². The maximum Gasteiger partial charge on any atom is 0.129 e. The highest BCUT2D eigenvalue weighted by Gasteiger charge is 2.40. The van der Waals surface area contributed by atoms with Gasteiger partial charge in [-0.25, -0.2) is 4.39 Å². The lowest BCUT2D eigenvalue weighted by Crippen LogP contribution is -2.27. The second kappa shape index (κ2) is 5.90. The van der Waals surface area contributed by atoms with Gasteiger partial charge < -0.3 is 5.11 Å². The first kappa shape index (κ1) is 14.3. The average molecular weight is 282 g/mol. The van der Waals surface area contributed by atoms with E-state index in [2.05, 4.69) is 6.07 Å². The summed E-state index contributed by atoms with van der Waals surface area (Å²) in [5, 5.41) is 20.4. The first-order chi connectivity index (χ1) is 9.09. The normalized spacial score (nSPS) is 20.3. The third-order valence-corrected chi connectivity index (χ3v) is 4.23. The highest BCUT2D eigenvalue weighted by molar-refractivity contribution is 6.30. The van der Waals surface area contributed by atoms with Gasteiger partial charge in [-0.15, -0.1) is 0 Å². The van der Waals surface area contributed by atoms with Gasteiger partial charge in [-0.3, -0.25) is 0 Å². The van der Waals surface area contributed by atoms with Crippen LogP contribution < -0.4 is 0 Å². The Bertz CT molecular complexity index is 489. The summed E-state index contributed by atoms with van der Waals surface area (Å²) < 4.78 is 13.9. The van der Waals surface area contributed by atoms with E-state index < -0.39 is 17.3 Å². The van der Waals surface area contributed by atoms with Crippen LogP contribution in [0.5, 0.6) is 0 Å². The number of aliphatic hydroxyl groups excluding tert-OH is 1. The van der Waals surface area contributed by atoms with E-state index in [1.54, 1.807) is 0 Å². The van der Waals surface area contributed by atoms with E-state index in [9.17, 15) is 14.8 Å². The van der Waals surface area contributed by atoms with E-state index in [1.807, 2.05) is 0 Å². The van der Waals surface area contributed by atoms with Gasteiger partial charge in [0.15, 0.2) is 0 Å². The number of aliphatic hydroxyl groups is 1. The number of rotatable bonds is 2. The van der Waals surface area contributed by atoms with Gasteiger partial charge in [-0.05, 0) is 31.0 Å². The van der Waals surface area contributed by atoms with Gasteiger partial charge in [0, 0.05) is 10.6 Å². The molecule has 1 unspecified atom stereocenters. The summed E-state index contributed by atoms with van der Waals surface area (Å²) in [5.74, 6) is -0.504. The van der Waals surface area contributed by atoms with Crippen LogP contribution in [0.25, 0.3) is 0 Å². The standard InChI is InChI=1S/C15H17ClFNO/c16-11-5-6-13(17)12(9-11)14(19)15(10-18)7-3-1-2-4-8-15/h5-6,9,14,19H,1-4,7-8H2. The quantitative estimate of drug-likeness (QED) is 0.818. The number of halogens is 2. The van der Waals surface area contributed by atoms with Crippen molar-refractivity contribution in [1.29, 1.82) is 5.26 Å². The molecule has 0 saturated heterocycles. The first-order valence-electron chi connectivity index (χ1n) is 6.63. The Morgan fingerprint density at radius 1 is 1.26 bits per heavy atom. The van der Waals surface area contributed by atoms with Crippen molar-refractivity contribution in [3.05, 3.63) is 34.6 Å². The lowest BCUT2D eigenvalue weighted by atomic mass is 9.74. The summed E-state index contributed by atoms with van der Waals surface area (Å²) in [6.07, 6.45) is 4.02. The predicted molar refractivity (Wildman–Crippen MR) is 72.1 cm³/mol. The Hall–Kier alpha value is -1.11. The summed E-state index contributed by atoms with van der Waals surface area (Å²) in [4.78, 5) is 0. The van der Waals surface area contributed by atoms with E-state index >= 15 is 0 Å². The fourth-order valence-electron chi connectivity index (χ4n) is 2.83. The molecule has 1 fully saturated rings. The van der Waals surface area contributed by atoms with Gasteiger partial charge in [0.05, 0.1) is 11.5 Å². The highest BCUT2D eigenvalue weighted by atomic mass is 35.5. The summed E-state index contributed by atoms with van der Waals surface area (Å²) >= 11 is 5.86. The zero-order valence-electron chi connectivity index (χ0n) is 10.7. The lowest BCUT2D eigenvalue weighted by Gasteiger charge is -2.31. The Balaban J connectivity index is 2.37. The molecule has 0 bridgehead atoms. The van der Waals surface area contributed by atoms with Crippen molar-refractivity contribution < 1.29 is 9.50 Å². The first-order valence-corrected chi connectivity index (χ1v) is 7.01. The van der Waals surface area contributed by atoms with Crippen molar-refractivity contribution in [3.63, 3.8) is 0 Å². The molecule has 0 heterocycles. The molecule has 4 heteroatoms. The SMILES string of the molecule is N#CC1(C(O)c2cc(Cl)ccc2F)CCCCCC1. The Kier molecular flexibility index (Phi) is 4.44. The number of hydrogen-bond acceptors (Lipinski definition) is 2. The molecule has 1 aromatic carbocycles. The number of hydrogen-bond donors (Lipinski definition) is 1. The molecule has 0 spiro atoms. The minimum atomic E-state index is -1.12. The molecule has 1 atom stereocenters. The van der Waals surface area contributed by atoms with Gasteiger partial charge in [0.25, 0.3) is 0 Å². The maximum atomic E-state index is 13.9. The molecule has 0 aromatic heterocycles. The molecule has 1 saturated carbocycles. The van der Waals surface area contributed by atoms with Gasteiger partial charge in [0.2, 0.25) is 0 Å². The van der Waals surface area contributed by atoms with Crippen LogP contribution in [-0.2, 0) is 0 Å². The fourth-order valence-corrected chi connectivity index (χ4v) is 3.01. The molecule has 1 aliphatic carbocycles. The average Bonchev–Trinajstić information content (AvgIpc) is 2.67. The van der Waals surface area contributed by atoms with E-state index in [1.165, 1.54) is 18.2 Å². The molecule has 0 aliphatic heterocycles. The highest BCUT2D eigenvalue weighted by Crippen LogP contribution is 2.45. The lowest BCUT2D eigenvalue weighted by molar-refractivity contribution is 0.0487. The minimum absolute atomic E-state index is 0.135. The van der Waals surface area contributed by atoms with Crippen molar-refractivity contribution in [3.8, 4) is 6.07 Å². The third-order valence-electron chi connectivity index (χ3n) is 3.99. The predicted octanol–water partition coefficient (Wildman–Crippen LogP) is 4.38. The molecule has 1 N–H and O–H groups in total. The Morgan fingerprint density at radius 2 is 1.89 bits per heavy atom. The second-order valence-electron chi connectivity index (χ2n) is 5.25. The summed E-state index contributed by atoms with van der Waals surface area (Å²) in [6, 6.07) is 6.35. The maximum absolute atomic E-state index is 13.9. The van der Waals surface area contributed by atoms with Crippen molar-refractivity contribution in [2.75, 3.05) is 0 Å². The monoisotopic (exact) mass is 281 g/mol. The zero-order valence-corrected chi connectivity index (χ0v) is 11.5. The Morgan fingerprint density at radius 3 is 2.47 bits per heavy atom. The molecule has 0 amide bonds. The van der Waals surface area contributed by atoms with Gasteiger partial charge in [-0.1, -0.05) is 37.3 Å². The van der Waals surface area contributed by atoms with E-state index in [-0.39, 0.29) is 5.56 Å². The van der Waals surface area contributed by atoms with Gasteiger partial charge in [-0.2, -0.15) is 5.26 Å². The molecule has 19 heavy (non-hydrogen) atoms. The smallest absolute Gasteiger partial charge is 0.129 e. The number of benzene rings is 1. The van der Waals surface area contributed by atoms with E-state index in [0.717, 1.165) is 25.7 Å². The van der Waals surface area contributed by atoms with Crippen LogP contribution in [0.15, 0.2) is 18.2 Å². The van der Waals surface area contributed by atoms with Crippen LogP contribution in [0, 0.1) is 22.6 Å². The van der Waals surface area contributed by atoms with Crippen LogP contribution in [0.1, 0.15) is 50.2 Å². The third kappa shape index (κ3) is 2.91. The molecule has 2 rings (SSSR count). The minimum Gasteiger partial charge on any atom is -0.387 e. The van der Waals surface area contributed by atoms with Crippen molar-refractivity contribution in [2.45, 2.75) is 44.6 Å². The molecule has 0 radical (unpaired) electrons. The number of nitriles is 1. The van der Waals surface area contributed by atoms with Gasteiger partial charge in [0.1, 0.15) is 11.9 Å². The summed E-state index contributed by atoms with van der Waals surface area (Å²) in [5.41, 5.74) is -0.752. The van der Waals surface area contributed by atoms with Crippen LogP contribution in [0.4, 0.5) is 4.39 Å². The van der Waals surface area contributed by atoms with E-state index in [0.29, 0.717) is 17.9 Å². The second-order valence-corrected chi connectivity index (χ2v) is 5.69. The summed E-state index contributed by atoms with van der Waals surface area (Å²) in [7, 11) is 0. The molecule has 1 aromatic rings. The van der Waals surface area contributed by atoms with Crippen LogP contribution in [0.2, 0.25) is 5.02 Å². The largest absolute Gasteiger partial charge is 0.387 e. The van der Waals surface area contributed by atoms with E-state index in [4.69, 9.17) is 11.6 Å². The van der Waals surface area contributed by atoms with Crippen LogP contribution >= 0.6 is 11.6 Å². The van der Waals surface area contributed by atoms with Crippen LogP contribution in [0.3, 0.4) is 0 Å². The van der Waals surface area contributed by atoms with Gasteiger partial charge >= 0.3 is 0 Å². The van der Waals surface area contributed by atoms with Crippen molar-refractivity contribution in [1.82, 2.24) is 0 Å². The van der Waals surface area contributed by atoms with Crippen molar-refractivity contribution in [2.24, 2.45) is 5.41 Å². The zero-order chi connectivity index (χ0) is 13.9. The number of nitrogens with zero attached hydrogens (tertiary/aromatic N) is 1. The molecular weight excluding hydrogens is 265 g/mol. The summed E-state index contributed by atoms with van der Waals surface area (Å²) in [6.45, 7) is 0.